The van der Waals surface area contributed by atoms with Gasteiger partial charge in [0.2, 0.25) is 0 Å². The molecule has 1 amide bonds. The molecule has 2 aromatic heterocycles. The average Bonchev–Trinajstić information content (AvgIpc) is 3.42. The van der Waals surface area contributed by atoms with Crippen molar-refractivity contribution in [2.75, 3.05) is 20.8 Å². The minimum absolute atomic E-state index is 0.0789. The number of methoxy groups -OCH3 is 2. The molecular weight excluding hydrogens is 475 g/mol. The zero-order chi connectivity index (χ0) is 24.9. The monoisotopic (exact) mass is 494 g/mol. The van der Waals surface area contributed by atoms with Gasteiger partial charge in [-0.2, -0.15) is 0 Å². The van der Waals surface area contributed by atoms with Crippen LogP contribution in [0.3, 0.4) is 0 Å². The molecule has 4 rings (SSSR count). The van der Waals surface area contributed by atoms with E-state index in [1.54, 1.807) is 47.6 Å². The van der Waals surface area contributed by atoms with Gasteiger partial charge in [-0.3, -0.25) is 9.59 Å². The molecule has 0 radical (unpaired) electrons. The number of hydrogen-bond acceptors (Lipinski definition) is 6. The highest BCUT2D eigenvalue weighted by molar-refractivity contribution is 6.31. The van der Waals surface area contributed by atoms with Crippen LogP contribution in [0, 0.1) is 5.82 Å². The lowest BCUT2D eigenvalue weighted by Gasteiger charge is -2.12. The van der Waals surface area contributed by atoms with Gasteiger partial charge in [-0.15, -0.1) is 0 Å². The Balaban J connectivity index is 1.50. The smallest absolute Gasteiger partial charge is 0.251 e. The summed E-state index contributed by atoms with van der Waals surface area (Å²) in [6.45, 7) is -0.284. The van der Waals surface area contributed by atoms with Crippen LogP contribution in [0.25, 0.3) is 16.9 Å². The molecule has 0 aliphatic heterocycles. The molecule has 8 nitrogen and oxygen atoms in total. The van der Waals surface area contributed by atoms with E-state index in [0.717, 1.165) is 0 Å². The van der Waals surface area contributed by atoms with Crippen LogP contribution in [-0.2, 0) is 0 Å². The highest BCUT2D eigenvalue weighted by Gasteiger charge is 2.17. The van der Waals surface area contributed by atoms with Gasteiger partial charge in [-0.25, -0.2) is 14.4 Å². The molecule has 2 aromatic carbocycles. The number of rotatable bonds is 8. The van der Waals surface area contributed by atoms with Crippen molar-refractivity contribution in [3.63, 3.8) is 0 Å². The molecule has 0 spiro atoms. The van der Waals surface area contributed by atoms with E-state index in [4.69, 9.17) is 21.1 Å². The first-order chi connectivity index (χ1) is 16.9. The van der Waals surface area contributed by atoms with E-state index in [2.05, 4.69) is 15.3 Å². The molecule has 0 saturated carbocycles. The molecule has 10 heteroatoms. The highest BCUT2D eigenvalue weighted by Crippen LogP contribution is 2.31. The maximum absolute atomic E-state index is 13.6. The van der Waals surface area contributed by atoms with Crippen molar-refractivity contribution in [1.29, 1.82) is 0 Å². The third-order valence-corrected chi connectivity index (χ3v) is 5.48. The normalized spacial score (nSPS) is 10.6. The van der Waals surface area contributed by atoms with Gasteiger partial charge in [0.25, 0.3) is 5.91 Å². The Morgan fingerprint density at radius 2 is 1.86 bits per heavy atom. The van der Waals surface area contributed by atoms with Gasteiger partial charge in [-0.05, 0) is 48.5 Å². The van der Waals surface area contributed by atoms with Gasteiger partial charge in [0.15, 0.2) is 5.78 Å². The second-order valence-electron chi connectivity index (χ2n) is 7.34. The first-order valence-corrected chi connectivity index (χ1v) is 10.8. The summed E-state index contributed by atoms with van der Waals surface area (Å²) in [4.78, 5) is 33.8. The van der Waals surface area contributed by atoms with Crippen molar-refractivity contribution in [3.05, 3.63) is 89.3 Å². The first kappa shape index (κ1) is 23.9. The van der Waals surface area contributed by atoms with E-state index in [-0.39, 0.29) is 17.3 Å². The maximum Gasteiger partial charge on any atom is 0.251 e. The molecule has 35 heavy (non-hydrogen) atoms. The summed E-state index contributed by atoms with van der Waals surface area (Å²) < 4.78 is 26.0. The van der Waals surface area contributed by atoms with Crippen LogP contribution in [0.5, 0.6) is 11.5 Å². The van der Waals surface area contributed by atoms with Crippen LogP contribution in [0.4, 0.5) is 4.39 Å². The zero-order valence-corrected chi connectivity index (χ0v) is 19.5. The van der Waals surface area contributed by atoms with Crippen LogP contribution >= 0.6 is 11.6 Å². The Bertz CT molecular complexity index is 1390. The van der Waals surface area contributed by atoms with E-state index in [0.29, 0.717) is 34.0 Å². The molecule has 0 fully saturated rings. The molecule has 1 N–H and O–H groups in total. The second-order valence-corrected chi connectivity index (χ2v) is 7.75. The topological polar surface area (TPSA) is 95.3 Å². The van der Waals surface area contributed by atoms with Crippen molar-refractivity contribution in [3.8, 4) is 28.4 Å². The predicted molar refractivity (Wildman–Crippen MR) is 128 cm³/mol. The number of carbonyl (C=O) groups excluding carboxylic acids is 2. The summed E-state index contributed by atoms with van der Waals surface area (Å²) in [6.07, 6.45) is 5.01. The Kier molecular flexibility index (Phi) is 7.07. The minimum Gasteiger partial charge on any atom is -0.495 e. The highest BCUT2D eigenvalue weighted by atomic mass is 35.5. The fourth-order valence-corrected chi connectivity index (χ4v) is 3.58. The van der Waals surface area contributed by atoms with Crippen molar-refractivity contribution < 1.29 is 23.5 Å². The number of nitrogens with zero attached hydrogens (tertiary/aromatic N) is 3. The number of halogens is 2. The van der Waals surface area contributed by atoms with Crippen LogP contribution in [-0.4, -0.2) is 47.0 Å². The molecule has 0 atom stereocenters. The molecule has 0 aliphatic rings. The predicted octanol–water partition coefficient (Wildman–Crippen LogP) is 4.36. The number of nitrogens with one attached hydrogen (secondary N) is 1. The third-order valence-electron chi connectivity index (χ3n) is 5.19. The van der Waals surface area contributed by atoms with Gasteiger partial charge < -0.3 is 19.4 Å². The number of Topliss-reactive ketones (excluding diaryl/α,β-unsaturated/α-hetero) is 1. The maximum atomic E-state index is 13.6. The molecule has 0 bridgehead atoms. The summed E-state index contributed by atoms with van der Waals surface area (Å²) in [5.74, 6) is -0.580. The van der Waals surface area contributed by atoms with Gasteiger partial charge in [0, 0.05) is 23.5 Å². The zero-order valence-electron chi connectivity index (χ0n) is 18.8. The molecular formula is C25H20ClFN4O4. The Morgan fingerprint density at radius 1 is 1.06 bits per heavy atom. The molecule has 0 aliphatic carbocycles. The SMILES string of the molecule is COc1cc(C(=O)NCC(=O)c2ccc(OC)c(-c3ccc(F)c(Cl)c3)n2)ccc1-n1ccnc1. The summed E-state index contributed by atoms with van der Waals surface area (Å²) in [5.41, 5.74) is 1.95. The Hall–Kier alpha value is -4.24. The van der Waals surface area contributed by atoms with Crippen molar-refractivity contribution in [1.82, 2.24) is 19.9 Å². The van der Waals surface area contributed by atoms with Crippen LogP contribution in [0.15, 0.2) is 67.3 Å². The number of hydrogen-bond donors (Lipinski definition) is 1. The van der Waals surface area contributed by atoms with Crippen molar-refractivity contribution >= 4 is 23.3 Å². The van der Waals surface area contributed by atoms with Crippen LogP contribution in [0.1, 0.15) is 20.8 Å². The standard InChI is InChI=1S/C25H20ClFN4O4/c1-34-22-8-6-19(30-24(22)15-3-5-18(27)17(26)11-15)21(32)13-29-25(33)16-4-7-20(23(12-16)35-2)31-10-9-28-14-31/h3-12,14H,13H2,1-2H3,(H,29,33). The Labute approximate surface area is 205 Å². The van der Waals surface area contributed by atoms with Crippen LogP contribution in [0.2, 0.25) is 5.02 Å². The fraction of sp³-hybridized carbons (Fsp3) is 0.120. The number of aromatic nitrogens is 3. The van der Waals surface area contributed by atoms with Crippen molar-refractivity contribution in [2.45, 2.75) is 0 Å². The number of pyridine rings is 1. The lowest BCUT2D eigenvalue weighted by Crippen LogP contribution is -2.30. The molecule has 0 unspecified atom stereocenters. The number of ketones is 1. The second kappa shape index (κ2) is 10.4. The lowest BCUT2D eigenvalue weighted by atomic mass is 10.1. The first-order valence-electron chi connectivity index (χ1n) is 10.4. The van der Waals surface area contributed by atoms with E-state index in [1.807, 2.05) is 0 Å². The van der Waals surface area contributed by atoms with Crippen molar-refractivity contribution in [2.24, 2.45) is 0 Å². The fourth-order valence-electron chi connectivity index (χ4n) is 3.40. The average molecular weight is 495 g/mol. The van der Waals surface area contributed by atoms with E-state index in [9.17, 15) is 14.0 Å². The number of imidazole rings is 1. The molecule has 0 saturated heterocycles. The van der Waals surface area contributed by atoms with Gasteiger partial charge in [0.1, 0.15) is 28.7 Å². The number of benzene rings is 2. The summed E-state index contributed by atoms with van der Waals surface area (Å²) in [5, 5.41) is 2.52. The minimum atomic E-state index is -0.570. The molecule has 4 aromatic rings. The summed E-state index contributed by atoms with van der Waals surface area (Å²) in [7, 11) is 2.96. The van der Waals surface area contributed by atoms with E-state index in [1.165, 1.54) is 38.5 Å². The third kappa shape index (κ3) is 5.15. The lowest BCUT2D eigenvalue weighted by molar-refractivity contribution is 0.0902. The summed E-state index contributed by atoms with van der Waals surface area (Å²) >= 11 is 5.89. The van der Waals surface area contributed by atoms with Gasteiger partial charge >= 0.3 is 0 Å². The number of amides is 1. The summed E-state index contributed by atoms with van der Waals surface area (Å²) in [6, 6.07) is 12.1. The molecule has 178 valence electrons. The quantitative estimate of drug-likeness (QED) is 0.366. The Morgan fingerprint density at radius 3 is 2.54 bits per heavy atom. The van der Waals surface area contributed by atoms with Gasteiger partial charge in [0.05, 0.1) is 37.8 Å². The van der Waals surface area contributed by atoms with E-state index < -0.39 is 17.5 Å². The van der Waals surface area contributed by atoms with E-state index >= 15 is 0 Å². The van der Waals surface area contributed by atoms with Gasteiger partial charge in [-0.1, -0.05) is 11.6 Å². The molecule has 2 heterocycles. The number of carbonyl (C=O) groups is 2. The number of ether oxygens (including phenoxy) is 2. The van der Waals surface area contributed by atoms with Crippen LogP contribution < -0.4 is 14.8 Å². The largest absolute Gasteiger partial charge is 0.495 e.